The van der Waals surface area contributed by atoms with Crippen molar-refractivity contribution in [3.63, 3.8) is 0 Å². The molecule has 1 aliphatic rings. The van der Waals surface area contributed by atoms with E-state index in [1.807, 2.05) is 5.32 Å². The van der Waals surface area contributed by atoms with Gasteiger partial charge in [0.05, 0.1) is 20.5 Å². The molecule has 3 N–H and O–H groups in total. The molecule has 0 saturated carbocycles. The van der Waals surface area contributed by atoms with E-state index in [4.69, 9.17) is 11.6 Å². The van der Waals surface area contributed by atoms with Crippen LogP contribution in [-0.2, 0) is 14.6 Å². The average molecular weight is 521 g/mol. The van der Waals surface area contributed by atoms with Crippen LogP contribution in [0, 0.1) is 5.92 Å². The number of amides is 1. The minimum atomic E-state index is -5.22. The van der Waals surface area contributed by atoms with Crippen molar-refractivity contribution >= 4 is 38.7 Å². The van der Waals surface area contributed by atoms with Gasteiger partial charge >= 0.3 is 6.18 Å². The van der Waals surface area contributed by atoms with Gasteiger partial charge in [0.15, 0.2) is 0 Å². The highest BCUT2D eigenvalue weighted by molar-refractivity contribution is 7.91. The first-order valence-corrected chi connectivity index (χ1v) is 12.2. The van der Waals surface area contributed by atoms with Gasteiger partial charge < -0.3 is 20.4 Å². The Morgan fingerprint density at radius 3 is 2.35 bits per heavy atom. The van der Waals surface area contributed by atoms with Crippen molar-refractivity contribution in [2.45, 2.75) is 41.3 Å². The SMILES string of the molecule is CC(O)(C(=O)Nc1ccc(S(=O)(=O)c2ccc(N3CCCC(CO)C3)cc2)cc1Cl)C(F)(F)F. The summed E-state index contributed by atoms with van der Waals surface area (Å²) >= 11 is 6.02. The molecule has 2 aromatic rings. The first kappa shape index (κ1) is 26.3. The summed E-state index contributed by atoms with van der Waals surface area (Å²) < 4.78 is 64.6. The minimum absolute atomic E-state index is 0.0141. The van der Waals surface area contributed by atoms with Gasteiger partial charge in [0.2, 0.25) is 15.4 Å². The summed E-state index contributed by atoms with van der Waals surface area (Å²) in [4.78, 5) is 13.7. The van der Waals surface area contributed by atoms with Crippen LogP contribution in [0.25, 0.3) is 0 Å². The number of nitrogens with zero attached hydrogens (tertiary/aromatic N) is 1. The summed E-state index contributed by atoms with van der Waals surface area (Å²) in [5.74, 6) is -1.59. The molecule has 7 nitrogen and oxygen atoms in total. The fraction of sp³-hybridized carbons (Fsp3) is 0.409. The lowest BCUT2D eigenvalue weighted by molar-refractivity contribution is -0.242. The molecule has 2 aromatic carbocycles. The topological polar surface area (TPSA) is 107 Å². The highest BCUT2D eigenvalue weighted by Crippen LogP contribution is 2.34. The number of carbonyl (C=O) groups excluding carboxylic acids is 1. The largest absolute Gasteiger partial charge is 0.426 e. The van der Waals surface area contributed by atoms with Crippen LogP contribution in [-0.4, -0.2) is 56.0 Å². The van der Waals surface area contributed by atoms with Crippen LogP contribution >= 0.6 is 11.6 Å². The Labute approximate surface area is 200 Å². The molecule has 0 radical (unpaired) electrons. The molecule has 2 atom stereocenters. The van der Waals surface area contributed by atoms with Gasteiger partial charge in [-0.05, 0) is 68.1 Å². The van der Waals surface area contributed by atoms with Crippen molar-refractivity contribution in [2.75, 3.05) is 29.9 Å². The van der Waals surface area contributed by atoms with E-state index in [1.165, 1.54) is 12.1 Å². The molecule has 0 aromatic heterocycles. The maximum atomic E-state index is 13.0. The smallest absolute Gasteiger partial charge is 0.396 e. The number of hydrogen-bond acceptors (Lipinski definition) is 6. The van der Waals surface area contributed by atoms with Crippen LogP contribution in [0.3, 0.4) is 0 Å². The summed E-state index contributed by atoms with van der Waals surface area (Å²) in [6.07, 6.45) is -3.36. The van der Waals surface area contributed by atoms with Crippen molar-refractivity contribution in [3.8, 4) is 0 Å². The fourth-order valence-electron chi connectivity index (χ4n) is 3.56. The summed E-state index contributed by atoms with van der Waals surface area (Å²) in [6, 6.07) is 9.39. The Kier molecular flexibility index (Phi) is 7.51. The van der Waals surface area contributed by atoms with Gasteiger partial charge in [0.1, 0.15) is 0 Å². The molecule has 34 heavy (non-hydrogen) atoms. The van der Waals surface area contributed by atoms with Crippen LogP contribution in [0.5, 0.6) is 0 Å². The van der Waals surface area contributed by atoms with E-state index < -0.39 is 27.5 Å². The van der Waals surface area contributed by atoms with Gasteiger partial charge in [-0.1, -0.05) is 11.6 Å². The van der Waals surface area contributed by atoms with Gasteiger partial charge in [-0.3, -0.25) is 4.79 Å². The number of rotatable bonds is 6. The second kappa shape index (κ2) is 9.73. The monoisotopic (exact) mass is 520 g/mol. The number of sulfone groups is 1. The molecule has 12 heteroatoms. The number of hydrogen-bond donors (Lipinski definition) is 3. The molecule has 186 valence electrons. The van der Waals surface area contributed by atoms with Gasteiger partial charge in [0.25, 0.3) is 5.91 Å². The number of nitrogens with one attached hydrogen (secondary N) is 1. The summed E-state index contributed by atoms with van der Waals surface area (Å²) in [5, 5.41) is 20.4. The number of piperidine rings is 1. The van der Waals surface area contributed by atoms with E-state index in [2.05, 4.69) is 4.90 Å². The Hall–Kier alpha value is -2.34. The first-order chi connectivity index (χ1) is 15.8. The molecule has 0 bridgehead atoms. The van der Waals surface area contributed by atoms with Crippen molar-refractivity contribution in [2.24, 2.45) is 5.92 Å². The van der Waals surface area contributed by atoms with Gasteiger partial charge in [-0.15, -0.1) is 0 Å². The number of aliphatic hydroxyl groups excluding tert-OH is 1. The van der Waals surface area contributed by atoms with Crippen LogP contribution in [0.15, 0.2) is 52.3 Å². The van der Waals surface area contributed by atoms with Crippen LogP contribution in [0.1, 0.15) is 19.8 Å². The molecule has 1 heterocycles. The highest BCUT2D eigenvalue weighted by atomic mass is 35.5. The molecule has 2 unspecified atom stereocenters. The number of anilines is 2. The normalized spacial score (nSPS) is 18.9. The molecular weight excluding hydrogens is 497 g/mol. The standard InChI is InChI=1S/C22H24ClF3N2O5S/c1-21(31,22(24,25)26)20(30)27-19-9-8-17(11-18(19)23)34(32,33)16-6-4-15(5-7-16)28-10-2-3-14(12-28)13-29/h4-9,11,14,29,31H,2-3,10,12-13H2,1H3,(H,27,30). The predicted molar refractivity (Wildman–Crippen MR) is 121 cm³/mol. The number of halogens is 4. The quantitative estimate of drug-likeness (QED) is 0.537. The number of aliphatic hydroxyl groups is 2. The summed E-state index contributed by atoms with van der Waals surface area (Å²) in [7, 11) is -4.01. The van der Waals surface area contributed by atoms with Gasteiger partial charge in [-0.2, -0.15) is 13.2 Å². The van der Waals surface area contributed by atoms with Crippen LogP contribution in [0.2, 0.25) is 5.02 Å². The Balaban J connectivity index is 1.79. The molecule has 1 aliphatic heterocycles. The van der Waals surface area contributed by atoms with Crippen LogP contribution in [0.4, 0.5) is 24.5 Å². The van der Waals surface area contributed by atoms with Crippen molar-refractivity contribution in [1.82, 2.24) is 0 Å². The highest BCUT2D eigenvalue weighted by Gasteiger charge is 2.55. The van der Waals surface area contributed by atoms with E-state index in [0.717, 1.165) is 43.3 Å². The fourth-order valence-corrected chi connectivity index (χ4v) is 5.14. The molecule has 3 rings (SSSR count). The summed E-state index contributed by atoms with van der Waals surface area (Å²) in [6.45, 7) is 1.86. The summed E-state index contributed by atoms with van der Waals surface area (Å²) in [5.41, 5.74) is -3.12. The molecular formula is C22H24ClF3N2O5S. The third kappa shape index (κ3) is 5.32. The molecule has 1 fully saturated rings. The average Bonchev–Trinajstić information content (AvgIpc) is 2.79. The van der Waals surface area contributed by atoms with E-state index in [-0.39, 0.29) is 33.0 Å². The lowest BCUT2D eigenvalue weighted by atomic mass is 9.98. The van der Waals surface area contributed by atoms with Crippen molar-refractivity contribution in [3.05, 3.63) is 47.5 Å². The maximum Gasteiger partial charge on any atom is 0.426 e. The molecule has 1 saturated heterocycles. The zero-order valence-corrected chi connectivity index (χ0v) is 19.7. The Bertz CT molecular complexity index is 1150. The molecule has 1 amide bonds. The Morgan fingerprint density at radius 1 is 1.18 bits per heavy atom. The number of alkyl halides is 3. The number of carbonyl (C=O) groups is 1. The Morgan fingerprint density at radius 2 is 1.79 bits per heavy atom. The van der Waals surface area contributed by atoms with E-state index in [0.29, 0.717) is 13.5 Å². The molecule has 0 spiro atoms. The number of benzene rings is 2. The zero-order valence-electron chi connectivity index (χ0n) is 18.1. The van der Waals surface area contributed by atoms with Crippen molar-refractivity contribution < 1.29 is 36.6 Å². The van der Waals surface area contributed by atoms with Gasteiger partial charge in [-0.25, -0.2) is 8.42 Å². The minimum Gasteiger partial charge on any atom is -0.396 e. The second-order valence-corrected chi connectivity index (χ2v) is 10.7. The third-order valence-corrected chi connectivity index (χ3v) is 7.86. The third-order valence-electron chi connectivity index (χ3n) is 5.78. The van der Waals surface area contributed by atoms with Crippen molar-refractivity contribution in [1.29, 1.82) is 0 Å². The van der Waals surface area contributed by atoms with E-state index in [9.17, 15) is 36.6 Å². The van der Waals surface area contributed by atoms with Crippen LogP contribution < -0.4 is 10.2 Å². The lowest BCUT2D eigenvalue weighted by Gasteiger charge is -2.33. The maximum absolute atomic E-state index is 13.0. The predicted octanol–water partition coefficient (Wildman–Crippen LogP) is 3.63. The zero-order chi connectivity index (χ0) is 25.3. The lowest BCUT2D eigenvalue weighted by Crippen LogP contribution is -2.52. The molecule has 0 aliphatic carbocycles. The van der Waals surface area contributed by atoms with E-state index in [1.54, 1.807) is 12.1 Å². The van der Waals surface area contributed by atoms with E-state index >= 15 is 0 Å². The second-order valence-electron chi connectivity index (χ2n) is 8.30. The first-order valence-electron chi connectivity index (χ1n) is 10.4. The van der Waals surface area contributed by atoms with Gasteiger partial charge in [0, 0.05) is 25.4 Å².